The molecule has 3 aliphatic rings. The lowest BCUT2D eigenvalue weighted by molar-refractivity contribution is -0.0652. The molecular formula is C22H34O4. The van der Waals surface area contributed by atoms with E-state index >= 15 is 0 Å². The minimum atomic E-state index is -1.19. The average molecular weight is 363 g/mol. The van der Waals surface area contributed by atoms with Gasteiger partial charge in [0.1, 0.15) is 23.2 Å². The first-order chi connectivity index (χ1) is 12.1. The number of aliphatic hydroxyl groups excluding tert-OH is 2. The third-order valence-electron chi connectivity index (χ3n) is 6.50. The van der Waals surface area contributed by atoms with E-state index in [4.69, 9.17) is 4.74 Å². The van der Waals surface area contributed by atoms with Crippen molar-refractivity contribution in [2.24, 2.45) is 11.8 Å². The Kier molecular flexibility index (Phi) is 5.04. The Bertz CT molecular complexity index is 666. The van der Waals surface area contributed by atoms with Crippen molar-refractivity contribution in [1.29, 1.82) is 0 Å². The molecule has 3 rings (SSSR count). The standard InChI is InChI=1S/C22H34O4/c1-6-7-8-9-14-12-16(23)18-17-15(10-11-22(5,25)20(17)24)21(3,4)26-19(18)13(14)2/h12-14,20,23-25H,6-11H2,1-5H3/t13?,14?,20-,22-/m1/s1. The van der Waals surface area contributed by atoms with E-state index in [1.54, 1.807) is 6.92 Å². The molecule has 0 saturated heterocycles. The molecule has 1 heterocycles. The van der Waals surface area contributed by atoms with E-state index in [1.807, 2.05) is 19.9 Å². The average Bonchev–Trinajstić information content (AvgIpc) is 2.55. The molecular weight excluding hydrogens is 328 g/mol. The number of fused-ring (bicyclic) bond motifs is 1. The van der Waals surface area contributed by atoms with Crippen LogP contribution in [0.4, 0.5) is 0 Å². The first-order valence-corrected chi connectivity index (χ1v) is 10.1. The lowest BCUT2D eigenvalue weighted by atomic mass is 9.68. The van der Waals surface area contributed by atoms with E-state index in [9.17, 15) is 15.3 Å². The molecule has 3 N–H and O–H groups in total. The van der Waals surface area contributed by atoms with Crippen LogP contribution in [-0.2, 0) is 4.74 Å². The lowest BCUT2D eigenvalue weighted by Gasteiger charge is -2.48. The van der Waals surface area contributed by atoms with Crippen molar-refractivity contribution in [1.82, 2.24) is 0 Å². The molecule has 0 saturated carbocycles. The first kappa shape index (κ1) is 19.5. The summed E-state index contributed by atoms with van der Waals surface area (Å²) in [4.78, 5) is 0. The molecule has 146 valence electrons. The Morgan fingerprint density at radius 3 is 2.58 bits per heavy atom. The van der Waals surface area contributed by atoms with Crippen LogP contribution in [0, 0.1) is 11.8 Å². The Labute approximate surface area is 157 Å². The molecule has 0 spiro atoms. The van der Waals surface area contributed by atoms with Crippen molar-refractivity contribution in [3.05, 3.63) is 34.3 Å². The summed E-state index contributed by atoms with van der Waals surface area (Å²) in [5.41, 5.74) is 0.565. The Hall–Kier alpha value is -1.26. The fraction of sp³-hybridized carbons (Fsp3) is 0.727. The predicted octanol–water partition coefficient (Wildman–Crippen LogP) is 4.54. The molecule has 4 heteroatoms. The van der Waals surface area contributed by atoms with Crippen LogP contribution in [0.2, 0.25) is 0 Å². The molecule has 1 aliphatic heterocycles. The highest BCUT2D eigenvalue weighted by molar-refractivity contribution is 5.57. The van der Waals surface area contributed by atoms with Gasteiger partial charge in [0.15, 0.2) is 0 Å². The molecule has 0 bridgehead atoms. The summed E-state index contributed by atoms with van der Waals surface area (Å²) in [6.45, 7) is 10.0. The van der Waals surface area contributed by atoms with Gasteiger partial charge in [-0.2, -0.15) is 0 Å². The molecule has 2 aliphatic carbocycles. The zero-order valence-electron chi connectivity index (χ0n) is 16.8. The second kappa shape index (κ2) is 6.72. The Morgan fingerprint density at radius 1 is 1.23 bits per heavy atom. The van der Waals surface area contributed by atoms with Gasteiger partial charge in [-0.05, 0) is 57.6 Å². The summed E-state index contributed by atoms with van der Waals surface area (Å²) >= 11 is 0. The second-order valence-corrected chi connectivity index (χ2v) is 9.00. The van der Waals surface area contributed by atoms with Crippen LogP contribution >= 0.6 is 0 Å². The van der Waals surface area contributed by atoms with Crippen molar-refractivity contribution in [2.45, 2.75) is 90.4 Å². The van der Waals surface area contributed by atoms with Crippen LogP contribution in [0.3, 0.4) is 0 Å². The van der Waals surface area contributed by atoms with E-state index in [1.165, 1.54) is 12.8 Å². The fourth-order valence-corrected chi connectivity index (χ4v) is 4.73. The zero-order chi connectivity index (χ0) is 19.3. The molecule has 2 unspecified atom stereocenters. The second-order valence-electron chi connectivity index (χ2n) is 9.00. The SMILES string of the molecule is CCCCCC1C=C(O)C2=C(OC(C)(C)C3=C2[C@@H](O)[C@](C)(O)CC3)C1C. The predicted molar refractivity (Wildman–Crippen MR) is 103 cm³/mol. The normalized spacial score (nSPS) is 36.3. The lowest BCUT2D eigenvalue weighted by Crippen LogP contribution is -2.49. The van der Waals surface area contributed by atoms with E-state index in [0.717, 1.165) is 24.2 Å². The summed E-state index contributed by atoms with van der Waals surface area (Å²) in [7, 11) is 0. The van der Waals surface area contributed by atoms with Crippen molar-refractivity contribution in [3.63, 3.8) is 0 Å². The molecule has 0 amide bonds. The monoisotopic (exact) mass is 362 g/mol. The molecule has 4 atom stereocenters. The Morgan fingerprint density at radius 2 is 1.92 bits per heavy atom. The van der Waals surface area contributed by atoms with Crippen molar-refractivity contribution < 1.29 is 20.1 Å². The smallest absolute Gasteiger partial charge is 0.125 e. The summed E-state index contributed by atoms with van der Waals surface area (Å²) in [6.07, 6.45) is 6.57. The molecule has 4 nitrogen and oxygen atoms in total. The topological polar surface area (TPSA) is 69.9 Å². The van der Waals surface area contributed by atoms with Crippen molar-refractivity contribution in [3.8, 4) is 0 Å². The van der Waals surface area contributed by atoms with Gasteiger partial charge in [-0.15, -0.1) is 0 Å². The zero-order valence-corrected chi connectivity index (χ0v) is 16.8. The molecule has 0 aromatic heterocycles. The summed E-state index contributed by atoms with van der Waals surface area (Å²) in [5, 5.41) is 32.4. The largest absolute Gasteiger partial charge is 0.508 e. The number of unbranched alkanes of at least 4 members (excludes halogenated alkanes) is 2. The molecule has 0 radical (unpaired) electrons. The van der Waals surface area contributed by atoms with Crippen LogP contribution in [-0.4, -0.2) is 32.6 Å². The number of aliphatic hydroxyl groups is 3. The fourth-order valence-electron chi connectivity index (χ4n) is 4.73. The summed E-state index contributed by atoms with van der Waals surface area (Å²) in [5.74, 6) is 1.34. The van der Waals surface area contributed by atoms with Crippen LogP contribution in [0.25, 0.3) is 0 Å². The number of allylic oxidation sites excluding steroid dienone is 3. The van der Waals surface area contributed by atoms with E-state index in [0.29, 0.717) is 24.0 Å². The maximum absolute atomic E-state index is 10.9. The highest BCUT2D eigenvalue weighted by atomic mass is 16.5. The third kappa shape index (κ3) is 3.11. The highest BCUT2D eigenvalue weighted by Gasteiger charge is 2.50. The van der Waals surface area contributed by atoms with Crippen LogP contribution in [0.15, 0.2) is 34.3 Å². The van der Waals surface area contributed by atoms with Crippen molar-refractivity contribution >= 4 is 0 Å². The maximum atomic E-state index is 10.9. The van der Waals surface area contributed by atoms with Crippen molar-refractivity contribution in [2.75, 3.05) is 0 Å². The van der Waals surface area contributed by atoms with Gasteiger partial charge in [0, 0.05) is 11.5 Å². The minimum Gasteiger partial charge on any atom is -0.508 e. The van der Waals surface area contributed by atoms with Gasteiger partial charge in [-0.3, -0.25) is 0 Å². The quantitative estimate of drug-likeness (QED) is 0.642. The van der Waals surface area contributed by atoms with Crippen LogP contribution in [0.1, 0.15) is 73.1 Å². The van der Waals surface area contributed by atoms with Gasteiger partial charge in [-0.1, -0.05) is 33.1 Å². The molecule has 0 fully saturated rings. The number of ether oxygens (including phenoxy) is 1. The summed E-state index contributed by atoms with van der Waals surface area (Å²) in [6, 6.07) is 0. The number of hydrogen-bond donors (Lipinski definition) is 3. The van der Waals surface area contributed by atoms with Gasteiger partial charge in [0.05, 0.1) is 11.2 Å². The van der Waals surface area contributed by atoms with Gasteiger partial charge >= 0.3 is 0 Å². The third-order valence-corrected chi connectivity index (χ3v) is 6.50. The summed E-state index contributed by atoms with van der Waals surface area (Å²) < 4.78 is 6.41. The first-order valence-electron chi connectivity index (χ1n) is 10.1. The van der Waals surface area contributed by atoms with E-state index in [-0.39, 0.29) is 17.6 Å². The number of hydrogen-bond acceptors (Lipinski definition) is 4. The maximum Gasteiger partial charge on any atom is 0.125 e. The van der Waals surface area contributed by atoms with Gasteiger partial charge in [0.25, 0.3) is 0 Å². The molecule has 0 aromatic carbocycles. The number of rotatable bonds is 4. The highest BCUT2D eigenvalue weighted by Crippen LogP contribution is 2.52. The van der Waals surface area contributed by atoms with E-state index in [2.05, 4.69) is 13.8 Å². The molecule has 0 aromatic rings. The van der Waals surface area contributed by atoms with Gasteiger partial charge in [-0.25, -0.2) is 0 Å². The minimum absolute atomic E-state index is 0.144. The van der Waals surface area contributed by atoms with Crippen LogP contribution in [0.5, 0.6) is 0 Å². The van der Waals surface area contributed by atoms with E-state index < -0.39 is 17.3 Å². The van der Waals surface area contributed by atoms with Crippen LogP contribution < -0.4 is 0 Å². The van der Waals surface area contributed by atoms with Gasteiger partial charge in [0.2, 0.25) is 0 Å². The van der Waals surface area contributed by atoms with Gasteiger partial charge < -0.3 is 20.1 Å². The Balaban J connectivity index is 2.04. The molecule has 26 heavy (non-hydrogen) atoms.